The van der Waals surface area contributed by atoms with E-state index in [1.54, 1.807) is 0 Å². The Morgan fingerprint density at radius 1 is 0.974 bits per heavy atom. The van der Waals surface area contributed by atoms with Crippen LogP contribution in [0.25, 0.3) is 10.8 Å². The van der Waals surface area contributed by atoms with Gasteiger partial charge in [-0.15, -0.1) is 0 Å². The Balaban J connectivity index is 1.38. The van der Waals surface area contributed by atoms with E-state index in [-0.39, 0.29) is 46.8 Å². The number of fused-ring (bicyclic) bond motifs is 2. The maximum Gasteiger partial charge on any atom is 0.309 e. The molecule has 5 heteroatoms. The largest absolute Gasteiger partial charge is 0.481 e. The van der Waals surface area contributed by atoms with Crippen LogP contribution in [0.4, 0.5) is 5.69 Å². The van der Waals surface area contributed by atoms with Crippen molar-refractivity contribution in [3.63, 3.8) is 0 Å². The van der Waals surface area contributed by atoms with Crippen molar-refractivity contribution < 1.29 is 19.5 Å². The normalized spacial score (nSPS) is 40.9. The Morgan fingerprint density at radius 2 is 1.72 bits per heavy atom. The summed E-state index contributed by atoms with van der Waals surface area (Å²) in [5, 5.41) is 12.3. The van der Waals surface area contributed by atoms with E-state index in [2.05, 4.69) is 26.8 Å². The van der Waals surface area contributed by atoms with Gasteiger partial charge in [-0.1, -0.05) is 75.2 Å². The van der Waals surface area contributed by atoms with E-state index in [0.717, 1.165) is 49.3 Å². The summed E-state index contributed by atoms with van der Waals surface area (Å²) >= 11 is 0. The Morgan fingerprint density at radius 3 is 2.46 bits per heavy atom. The van der Waals surface area contributed by atoms with Crippen LogP contribution in [0.15, 0.2) is 54.1 Å². The molecule has 1 saturated heterocycles. The molecule has 0 unspecified atom stereocenters. The number of allylic oxidation sites excluding steroid dienone is 2. The molecule has 1 N–H and O–H groups in total. The molecule has 1 spiro atoms. The first-order valence-corrected chi connectivity index (χ1v) is 14.9. The molecule has 1 heterocycles. The molecule has 4 fully saturated rings. The Labute approximate surface area is 230 Å². The lowest BCUT2D eigenvalue weighted by atomic mass is 9.34. The smallest absolute Gasteiger partial charge is 0.309 e. The first-order chi connectivity index (χ1) is 18.5. The number of nitrogens with zero attached hydrogens (tertiary/aromatic N) is 1. The van der Waals surface area contributed by atoms with Crippen molar-refractivity contribution in [3.8, 4) is 0 Å². The number of imide groups is 1. The summed E-state index contributed by atoms with van der Waals surface area (Å²) in [4.78, 5) is 43.1. The third-order valence-electron chi connectivity index (χ3n) is 12.2. The van der Waals surface area contributed by atoms with E-state index >= 15 is 0 Å². The molecular formula is C34H39NO4. The van der Waals surface area contributed by atoms with Gasteiger partial charge in [-0.25, -0.2) is 4.90 Å². The number of aliphatic carboxylic acids is 1. The number of carbonyl (C=O) groups excluding carboxylic acids is 2. The molecule has 1 aliphatic heterocycles. The molecule has 0 aromatic heterocycles. The maximum absolute atomic E-state index is 14.6. The molecular weight excluding hydrogens is 486 g/mol. The van der Waals surface area contributed by atoms with Crippen molar-refractivity contribution in [2.45, 2.75) is 66.2 Å². The molecule has 2 aromatic rings. The SMILES string of the molecule is CC(C)C1=C[C@@]23CC[C@H]4[C@](C)(CCC[C@@]4(C)C(=O)O)[C@H]2C[C@H]1[C@H]1C(=O)N(c2cccc4ccccc24)C(=O)[C@H]13. The third kappa shape index (κ3) is 3.00. The molecule has 2 aromatic carbocycles. The fourth-order valence-electron chi connectivity index (χ4n) is 10.6. The number of benzene rings is 2. The van der Waals surface area contributed by atoms with Crippen molar-refractivity contribution in [1.82, 2.24) is 0 Å². The number of hydrogen-bond acceptors (Lipinski definition) is 3. The van der Waals surface area contributed by atoms with Crippen molar-refractivity contribution in [2.24, 2.45) is 51.8 Å². The van der Waals surface area contributed by atoms with Crippen LogP contribution in [0.3, 0.4) is 0 Å². The highest BCUT2D eigenvalue weighted by molar-refractivity contribution is 6.25. The number of carboxylic acid groups (broad SMARTS) is 1. The van der Waals surface area contributed by atoms with Gasteiger partial charge in [0.15, 0.2) is 0 Å². The summed E-state index contributed by atoms with van der Waals surface area (Å²) in [5.74, 6) is -0.828. The fraction of sp³-hybridized carbons (Fsp3) is 0.559. The summed E-state index contributed by atoms with van der Waals surface area (Å²) < 4.78 is 0. The third-order valence-corrected chi connectivity index (χ3v) is 12.2. The first-order valence-electron chi connectivity index (χ1n) is 14.9. The van der Waals surface area contributed by atoms with E-state index < -0.39 is 16.8 Å². The molecule has 3 saturated carbocycles. The second kappa shape index (κ2) is 8.05. The second-order valence-electron chi connectivity index (χ2n) is 14.0. The number of hydrogen-bond donors (Lipinski definition) is 1. The number of carboxylic acids is 1. The Bertz CT molecular complexity index is 1450. The Kier molecular flexibility index (Phi) is 5.17. The van der Waals surface area contributed by atoms with Crippen LogP contribution >= 0.6 is 0 Å². The predicted molar refractivity (Wildman–Crippen MR) is 151 cm³/mol. The monoisotopic (exact) mass is 525 g/mol. The van der Waals surface area contributed by atoms with Crippen molar-refractivity contribution in [3.05, 3.63) is 54.1 Å². The molecule has 2 bridgehead atoms. The molecule has 8 rings (SSSR count). The van der Waals surface area contributed by atoms with Crippen molar-refractivity contribution in [1.29, 1.82) is 0 Å². The molecule has 204 valence electrons. The maximum atomic E-state index is 14.6. The van der Waals surface area contributed by atoms with E-state index in [4.69, 9.17) is 0 Å². The minimum Gasteiger partial charge on any atom is -0.481 e. The molecule has 6 aliphatic rings. The van der Waals surface area contributed by atoms with Crippen LogP contribution < -0.4 is 4.90 Å². The lowest BCUT2D eigenvalue weighted by molar-refractivity contribution is -0.194. The summed E-state index contributed by atoms with van der Waals surface area (Å²) in [5.41, 5.74) is 0.744. The molecule has 5 aliphatic carbocycles. The van der Waals surface area contributed by atoms with Crippen molar-refractivity contribution >= 4 is 34.2 Å². The van der Waals surface area contributed by atoms with Gasteiger partial charge in [-0.3, -0.25) is 14.4 Å². The number of rotatable bonds is 3. The minimum atomic E-state index is -0.736. The van der Waals surface area contributed by atoms with Gasteiger partial charge in [-0.2, -0.15) is 0 Å². The van der Waals surface area contributed by atoms with E-state index in [0.29, 0.717) is 11.6 Å². The van der Waals surface area contributed by atoms with Gasteiger partial charge in [0.1, 0.15) is 0 Å². The van der Waals surface area contributed by atoms with E-state index in [9.17, 15) is 19.5 Å². The molecule has 39 heavy (non-hydrogen) atoms. The molecule has 0 radical (unpaired) electrons. The molecule has 8 atom stereocenters. The zero-order chi connectivity index (χ0) is 27.5. The summed E-state index contributed by atoms with van der Waals surface area (Å²) in [6, 6.07) is 13.9. The highest BCUT2D eigenvalue weighted by atomic mass is 16.4. The zero-order valence-corrected chi connectivity index (χ0v) is 23.4. The van der Waals surface area contributed by atoms with Crippen LogP contribution in [0.2, 0.25) is 0 Å². The van der Waals surface area contributed by atoms with Crippen LogP contribution in [-0.2, 0) is 14.4 Å². The highest BCUT2D eigenvalue weighted by Gasteiger charge is 2.73. The number of amides is 2. The standard InChI is InChI=1S/C34H39NO4/c1-19(2)23-18-34-16-13-25-32(3,14-8-15-33(25,4)31(38)39)26(34)17-22(23)27-28(34)30(37)35(29(27)36)24-12-7-10-20-9-5-6-11-21(20)24/h5-7,9-12,18-19,22,25-28H,8,13-17H2,1-4H3,(H,38,39)/t22-,25+,26-,27-,28+,32+,33-,34+/m1/s1. The average Bonchev–Trinajstić information content (AvgIpc) is 3.19. The predicted octanol–water partition coefficient (Wildman–Crippen LogP) is 6.86. The van der Waals surface area contributed by atoms with Gasteiger partial charge in [0.2, 0.25) is 11.8 Å². The van der Waals surface area contributed by atoms with Gasteiger partial charge >= 0.3 is 5.97 Å². The van der Waals surface area contributed by atoms with Gasteiger partial charge in [-0.05, 0) is 79.6 Å². The van der Waals surface area contributed by atoms with E-state index in [1.807, 2.05) is 49.4 Å². The van der Waals surface area contributed by atoms with Gasteiger partial charge in [0, 0.05) is 10.8 Å². The second-order valence-corrected chi connectivity index (χ2v) is 14.0. The topological polar surface area (TPSA) is 74.7 Å². The molecule has 2 amide bonds. The van der Waals surface area contributed by atoms with Gasteiger partial charge < -0.3 is 5.11 Å². The zero-order valence-electron chi connectivity index (χ0n) is 23.4. The Hall–Kier alpha value is -2.95. The average molecular weight is 526 g/mol. The van der Waals surface area contributed by atoms with Gasteiger partial charge in [0.25, 0.3) is 0 Å². The lowest BCUT2D eigenvalue weighted by Crippen LogP contribution is -2.65. The van der Waals surface area contributed by atoms with Crippen LogP contribution in [0.1, 0.15) is 66.2 Å². The van der Waals surface area contributed by atoms with E-state index in [1.165, 1.54) is 10.5 Å². The molecule has 5 nitrogen and oxygen atoms in total. The number of anilines is 1. The fourth-order valence-corrected chi connectivity index (χ4v) is 10.6. The first kappa shape index (κ1) is 25.0. The number of carbonyl (C=O) groups is 3. The lowest BCUT2D eigenvalue weighted by Gasteiger charge is -2.68. The summed E-state index contributed by atoms with van der Waals surface area (Å²) in [7, 11) is 0. The summed E-state index contributed by atoms with van der Waals surface area (Å²) in [6.07, 6.45) is 7.53. The van der Waals surface area contributed by atoms with Crippen LogP contribution in [-0.4, -0.2) is 22.9 Å². The quantitative estimate of drug-likeness (QED) is 0.351. The van der Waals surface area contributed by atoms with Gasteiger partial charge in [0.05, 0.1) is 22.9 Å². The summed E-state index contributed by atoms with van der Waals surface area (Å²) in [6.45, 7) is 8.71. The van der Waals surface area contributed by atoms with Crippen LogP contribution in [0.5, 0.6) is 0 Å². The highest BCUT2D eigenvalue weighted by Crippen LogP contribution is 2.74. The van der Waals surface area contributed by atoms with Crippen molar-refractivity contribution in [2.75, 3.05) is 4.90 Å². The minimum absolute atomic E-state index is 0.0342. The van der Waals surface area contributed by atoms with Crippen LogP contribution in [0, 0.1) is 51.8 Å².